The normalized spacial score (nSPS) is 15.0. The molecule has 7 nitrogen and oxygen atoms in total. The summed E-state index contributed by atoms with van der Waals surface area (Å²) in [7, 11) is 1.92. The highest BCUT2D eigenvalue weighted by Crippen LogP contribution is 2.31. The van der Waals surface area contributed by atoms with Crippen molar-refractivity contribution in [2.75, 3.05) is 18.4 Å². The third kappa shape index (κ3) is 4.69. The van der Waals surface area contributed by atoms with Gasteiger partial charge in [-0.25, -0.2) is 9.97 Å². The highest BCUT2D eigenvalue weighted by molar-refractivity contribution is 7.13. The first-order valence-electron chi connectivity index (χ1n) is 10.5. The Balaban J connectivity index is 1.33. The molecule has 4 heterocycles. The highest BCUT2D eigenvalue weighted by atomic mass is 32.1. The number of anilines is 2. The zero-order valence-electron chi connectivity index (χ0n) is 18.4. The topological polar surface area (TPSA) is 75.9 Å². The second kappa shape index (κ2) is 9.01. The number of rotatable bonds is 5. The fourth-order valence-corrected chi connectivity index (χ4v) is 4.73. The number of piperidine rings is 1. The van der Waals surface area contributed by atoms with Crippen LogP contribution in [-0.4, -0.2) is 43.6 Å². The van der Waals surface area contributed by atoms with Gasteiger partial charge in [0.1, 0.15) is 5.82 Å². The number of pyridine rings is 1. The second-order valence-electron chi connectivity index (χ2n) is 8.01. The van der Waals surface area contributed by atoms with Crippen LogP contribution in [0.3, 0.4) is 0 Å². The van der Waals surface area contributed by atoms with E-state index < -0.39 is 0 Å². The Labute approximate surface area is 186 Å². The molecule has 1 N–H and O–H groups in total. The maximum Gasteiger partial charge on any atom is 0.246 e. The third-order valence-corrected chi connectivity index (χ3v) is 6.72. The van der Waals surface area contributed by atoms with E-state index in [4.69, 9.17) is 4.98 Å². The lowest BCUT2D eigenvalue weighted by Gasteiger charge is -2.30. The number of nitrogens with zero attached hydrogens (tertiary/aromatic N) is 5. The van der Waals surface area contributed by atoms with Gasteiger partial charge in [0, 0.05) is 55.0 Å². The average molecular weight is 437 g/mol. The number of hydrogen-bond donors (Lipinski definition) is 1. The number of carbonyl (C=O) groups excluding carboxylic acids is 1. The van der Waals surface area contributed by atoms with Crippen molar-refractivity contribution in [3.63, 3.8) is 0 Å². The van der Waals surface area contributed by atoms with Crippen LogP contribution < -0.4 is 5.32 Å². The molecule has 1 saturated heterocycles. The van der Waals surface area contributed by atoms with Crippen molar-refractivity contribution in [2.24, 2.45) is 7.05 Å². The molecule has 3 aromatic rings. The maximum atomic E-state index is 12.7. The van der Waals surface area contributed by atoms with Crippen LogP contribution in [0.25, 0.3) is 6.08 Å². The summed E-state index contributed by atoms with van der Waals surface area (Å²) in [5, 5.41) is 10.7. The number of amides is 1. The lowest BCUT2D eigenvalue weighted by Crippen LogP contribution is -2.36. The minimum Gasteiger partial charge on any atom is -0.339 e. The van der Waals surface area contributed by atoms with Gasteiger partial charge in [-0.1, -0.05) is 6.07 Å². The molecule has 4 rings (SSSR count). The number of likely N-dealkylation sites (tertiary alicyclic amines) is 1. The summed E-state index contributed by atoms with van der Waals surface area (Å²) in [4.78, 5) is 23.7. The van der Waals surface area contributed by atoms with Crippen molar-refractivity contribution >= 4 is 34.3 Å². The van der Waals surface area contributed by atoms with Crippen LogP contribution in [0.4, 0.5) is 10.9 Å². The van der Waals surface area contributed by atoms with E-state index in [2.05, 4.69) is 20.8 Å². The molecule has 0 radical (unpaired) electrons. The molecular formula is C23H28N6OS. The zero-order valence-corrected chi connectivity index (χ0v) is 19.2. The quantitative estimate of drug-likeness (QED) is 0.602. The summed E-state index contributed by atoms with van der Waals surface area (Å²) in [5.41, 5.74) is 5.23. The molecule has 1 fully saturated rings. The summed E-state index contributed by atoms with van der Waals surface area (Å²) in [6.07, 6.45) is 7.20. The lowest BCUT2D eigenvalue weighted by molar-refractivity contribution is -0.126. The maximum absolute atomic E-state index is 12.7. The van der Waals surface area contributed by atoms with Gasteiger partial charge < -0.3 is 10.2 Å². The van der Waals surface area contributed by atoms with Crippen molar-refractivity contribution in [3.8, 4) is 0 Å². The van der Waals surface area contributed by atoms with E-state index in [-0.39, 0.29) is 5.91 Å². The molecule has 0 aromatic carbocycles. The molecule has 3 aromatic heterocycles. The first-order valence-corrected chi connectivity index (χ1v) is 11.4. The van der Waals surface area contributed by atoms with Crippen molar-refractivity contribution in [3.05, 3.63) is 58.0 Å². The molecule has 0 aliphatic carbocycles. The van der Waals surface area contributed by atoms with Crippen LogP contribution in [0.5, 0.6) is 0 Å². The van der Waals surface area contributed by atoms with Gasteiger partial charge in [0.15, 0.2) is 5.13 Å². The molecule has 0 atom stereocenters. The van der Waals surface area contributed by atoms with E-state index in [0.717, 1.165) is 65.1 Å². The predicted molar refractivity (Wildman–Crippen MR) is 125 cm³/mol. The van der Waals surface area contributed by atoms with Crippen molar-refractivity contribution < 1.29 is 4.79 Å². The van der Waals surface area contributed by atoms with Crippen molar-refractivity contribution in [1.29, 1.82) is 0 Å². The SMILES string of the molecule is Cc1cccnc1Nc1nc(C2CCN(C(=O)/C=C/c3c(C)nn(C)c3C)CC2)cs1. The number of carbonyl (C=O) groups is 1. The molecule has 1 aliphatic heterocycles. The molecule has 8 heteroatoms. The minimum absolute atomic E-state index is 0.0624. The summed E-state index contributed by atoms with van der Waals surface area (Å²) >= 11 is 1.60. The highest BCUT2D eigenvalue weighted by Gasteiger charge is 2.24. The van der Waals surface area contributed by atoms with Crippen LogP contribution in [0, 0.1) is 20.8 Å². The molecule has 0 bridgehead atoms. The average Bonchev–Trinajstić information content (AvgIpc) is 3.32. The van der Waals surface area contributed by atoms with Gasteiger partial charge in [-0.3, -0.25) is 9.48 Å². The van der Waals surface area contributed by atoms with E-state index in [1.165, 1.54) is 0 Å². The van der Waals surface area contributed by atoms with E-state index >= 15 is 0 Å². The molecule has 1 amide bonds. The molecule has 162 valence electrons. The Bertz CT molecular complexity index is 1110. The van der Waals surface area contributed by atoms with E-state index in [1.54, 1.807) is 23.6 Å². The molecule has 0 spiro atoms. The molecule has 0 unspecified atom stereocenters. The summed E-state index contributed by atoms with van der Waals surface area (Å²) in [6, 6.07) is 3.96. The summed E-state index contributed by atoms with van der Waals surface area (Å²) in [5.74, 6) is 1.29. The van der Waals surface area contributed by atoms with Gasteiger partial charge in [0.05, 0.1) is 11.4 Å². The lowest BCUT2D eigenvalue weighted by atomic mass is 9.94. The zero-order chi connectivity index (χ0) is 22.0. The third-order valence-electron chi connectivity index (χ3n) is 5.94. The van der Waals surface area contributed by atoms with Crippen LogP contribution in [0.2, 0.25) is 0 Å². The number of nitrogens with one attached hydrogen (secondary N) is 1. The van der Waals surface area contributed by atoms with Gasteiger partial charge in [-0.2, -0.15) is 5.10 Å². The smallest absolute Gasteiger partial charge is 0.246 e. The first-order chi connectivity index (χ1) is 14.9. The predicted octanol–water partition coefficient (Wildman–Crippen LogP) is 4.36. The number of aromatic nitrogens is 4. The Morgan fingerprint density at radius 3 is 2.71 bits per heavy atom. The standard InChI is InChI=1S/C23H28N6OS/c1-15-6-5-11-24-22(15)26-23-25-20(14-31-23)18-9-12-29(13-10-18)21(30)8-7-19-16(2)27-28(4)17(19)3/h5-8,11,14,18H,9-10,12-13H2,1-4H3,(H,24,25,26)/b8-7+. The van der Waals surface area contributed by atoms with Crippen LogP contribution >= 0.6 is 11.3 Å². The molecule has 0 saturated carbocycles. The Kier molecular flexibility index (Phi) is 6.18. The van der Waals surface area contributed by atoms with Crippen molar-refractivity contribution in [1.82, 2.24) is 24.6 Å². The van der Waals surface area contributed by atoms with Gasteiger partial charge in [0.2, 0.25) is 5.91 Å². The fourth-order valence-electron chi connectivity index (χ4n) is 3.94. The van der Waals surface area contributed by atoms with Crippen LogP contribution in [0.15, 0.2) is 29.8 Å². The van der Waals surface area contributed by atoms with Gasteiger partial charge in [-0.15, -0.1) is 11.3 Å². The number of thiazole rings is 1. The Morgan fingerprint density at radius 2 is 2.03 bits per heavy atom. The minimum atomic E-state index is 0.0624. The Hall–Kier alpha value is -3.00. The van der Waals surface area contributed by atoms with Gasteiger partial charge in [-0.05, 0) is 51.3 Å². The molecule has 1 aliphatic rings. The molecular weight excluding hydrogens is 408 g/mol. The summed E-state index contributed by atoms with van der Waals surface area (Å²) in [6.45, 7) is 7.51. The van der Waals surface area contributed by atoms with Gasteiger partial charge in [0.25, 0.3) is 0 Å². The Morgan fingerprint density at radius 1 is 1.26 bits per heavy atom. The number of aryl methyl sites for hydroxylation is 3. The summed E-state index contributed by atoms with van der Waals surface area (Å²) < 4.78 is 1.84. The van der Waals surface area contributed by atoms with Crippen molar-refractivity contribution in [2.45, 2.75) is 39.5 Å². The van der Waals surface area contributed by atoms with E-state index in [9.17, 15) is 4.79 Å². The van der Waals surface area contributed by atoms with E-state index in [0.29, 0.717) is 5.92 Å². The van der Waals surface area contributed by atoms with Crippen LogP contribution in [0.1, 0.15) is 47.0 Å². The van der Waals surface area contributed by atoms with E-state index in [1.807, 2.05) is 55.6 Å². The van der Waals surface area contributed by atoms with Crippen LogP contribution in [-0.2, 0) is 11.8 Å². The number of hydrogen-bond acceptors (Lipinski definition) is 6. The largest absolute Gasteiger partial charge is 0.339 e. The fraction of sp³-hybridized carbons (Fsp3) is 0.391. The van der Waals surface area contributed by atoms with Gasteiger partial charge >= 0.3 is 0 Å². The molecule has 31 heavy (non-hydrogen) atoms. The monoisotopic (exact) mass is 436 g/mol. The second-order valence-corrected chi connectivity index (χ2v) is 8.87. The first kappa shape index (κ1) is 21.2.